The summed E-state index contributed by atoms with van der Waals surface area (Å²) in [4.78, 5) is 10.8. The Morgan fingerprint density at radius 3 is 2.29 bits per heavy atom. The SMILES string of the molecule is C=CC(=O)OCC[SiH2]OCC(OCCCC)OCCCC. The van der Waals surface area contributed by atoms with Gasteiger partial charge in [0, 0.05) is 19.3 Å². The van der Waals surface area contributed by atoms with E-state index < -0.39 is 9.76 Å². The molecule has 0 bridgehead atoms. The zero-order valence-corrected chi connectivity index (χ0v) is 14.9. The quantitative estimate of drug-likeness (QED) is 0.152. The van der Waals surface area contributed by atoms with Crippen LogP contribution in [-0.4, -0.2) is 48.4 Å². The lowest BCUT2D eigenvalue weighted by Gasteiger charge is -2.18. The summed E-state index contributed by atoms with van der Waals surface area (Å²) in [5.74, 6) is -0.382. The molecule has 0 aliphatic rings. The summed E-state index contributed by atoms with van der Waals surface area (Å²) in [6.45, 7) is 9.87. The number of hydrogen-bond donors (Lipinski definition) is 0. The molecule has 0 aromatic rings. The van der Waals surface area contributed by atoms with Crippen molar-refractivity contribution in [2.24, 2.45) is 0 Å². The van der Waals surface area contributed by atoms with Crippen LogP contribution in [0.1, 0.15) is 39.5 Å². The molecule has 0 N–H and O–H groups in total. The molecule has 124 valence electrons. The molecule has 5 nitrogen and oxygen atoms in total. The fourth-order valence-corrected chi connectivity index (χ4v) is 2.26. The average Bonchev–Trinajstić information content (AvgIpc) is 2.50. The van der Waals surface area contributed by atoms with E-state index in [0.717, 1.165) is 31.7 Å². The third kappa shape index (κ3) is 14.0. The zero-order chi connectivity index (χ0) is 15.8. The van der Waals surface area contributed by atoms with E-state index in [1.54, 1.807) is 0 Å². The molecule has 6 heteroatoms. The van der Waals surface area contributed by atoms with Crippen molar-refractivity contribution in [1.82, 2.24) is 0 Å². The highest BCUT2D eigenvalue weighted by Gasteiger charge is 2.09. The van der Waals surface area contributed by atoms with Gasteiger partial charge in [0.15, 0.2) is 16.1 Å². The van der Waals surface area contributed by atoms with E-state index in [0.29, 0.717) is 26.4 Å². The Morgan fingerprint density at radius 2 is 1.76 bits per heavy atom. The van der Waals surface area contributed by atoms with Gasteiger partial charge in [0.1, 0.15) is 0 Å². The molecule has 0 atom stereocenters. The van der Waals surface area contributed by atoms with Gasteiger partial charge in [-0.15, -0.1) is 0 Å². The van der Waals surface area contributed by atoms with Crippen molar-refractivity contribution in [2.75, 3.05) is 26.4 Å². The minimum atomic E-state index is -0.711. The van der Waals surface area contributed by atoms with Gasteiger partial charge in [0.05, 0.1) is 13.2 Å². The number of hydrogen-bond acceptors (Lipinski definition) is 5. The van der Waals surface area contributed by atoms with E-state index in [2.05, 4.69) is 20.4 Å². The standard InChI is InChI=1S/C15H30O5Si/c1-4-7-9-18-15(19-10-8-5-2)13-20-21-12-11-17-14(16)6-3/h6,15H,3-5,7-13,21H2,1-2H3. The third-order valence-electron chi connectivity index (χ3n) is 2.70. The Morgan fingerprint density at radius 1 is 1.14 bits per heavy atom. The van der Waals surface area contributed by atoms with Crippen LogP contribution in [0, 0.1) is 0 Å². The van der Waals surface area contributed by atoms with E-state index in [1.807, 2.05) is 0 Å². The van der Waals surface area contributed by atoms with Crippen molar-refractivity contribution in [3.8, 4) is 0 Å². The maximum Gasteiger partial charge on any atom is 0.330 e. The van der Waals surface area contributed by atoms with Gasteiger partial charge < -0.3 is 18.6 Å². The Kier molecular flexibility index (Phi) is 15.2. The Balaban J connectivity index is 3.67. The van der Waals surface area contributed by atoms with Gasteiger partial charge in [-0.05, 0) is 18.9 Å². The van der Waals surface area contributed by atoms with Crippen LogP contribution in [0.25, 0.3) is 0 Å². The summed E-state index contributed by atoms with van der Waals surface area (Å²) >= 11 is 0. The lowest BCUT2D eigenvalue weighted by atomic mass is 10.3. The molecule has 0 saturated carbocycles. The number of carbonyl (C=O) groups is 1. The number of unbranched alkanes of at least 4 members (excludes halogenated alkanes) is 2. The van der Waals surface area contributed by atoms with Crippen molar-refractivity contribution in [2.45, 2.75) is 51.9 Å². The molecule has 0 aliphatic carbocycles. The highest BCUT2D eigenvalue weighted by molar-refractivity contribution is 6.27. The van der Waals surface area contributed by atoms with Gasteiger partial charge in [0.25, 0.3) is 0 Å². The Labute approximate surface area is 130 Å². The van der Waals surface area contributed by atoms with Crippen LogP contribution in [-0.2, 0) is 23.4 Å². The molecule has 0 spiro atoms. The van der Waals surface area contributed by atoms with Crippen molar-refractivity contribution in [3.05, 3.63) is 12.7 Å². The number of rotatable bonds is 15. The maximum atomic E-state index is 10.8. The summed E-state index contributed by atoms with van der Waals surface area (Å²) in [5, 5.41) is 0. The summed E-state index contributed by atoms with van der Waals surface area (Å²) in [5.41, 5.74) is 0. The van der Waals surface area contributed by atoms with E-state index in [1.165, 1.54) is 6.08 Å². The summed E-state index contributed by atoms with van der Waals surface area (Å²) in [7, 11) is -0.711. The molecule has 0 aromatic heterocycles. The first-order valence-electron chi connectivity index (χ1n) is 7.84. The van der Waals surface area contributed by atoms with Crippen LogP contribution in [0.2, 0.25) is 6.04 Å². The fraction of sp³-hybridized carbons (Fsp3) is 0.800. The number of ether oxygens (including phenoxy) is 3. The minimum Gasteiger partial charge on any atom is -0.463 e. The molecule has 0 fully saturated rings. The first-order chi connectivity index (χ1) is 10.2. The van der Waals surface area contributed by atoms with Crippen molar-refractivity contribution < 1.29 is 23.4 Å². The number of carbonyl (C=O) groups excluding carboxylic acids is 1. The minimum absolute atomic E-state index is 0.272. The Hall–Kier alpha value is -0.693. The molecule has 0 amide bonds. The van der Waals surface area contributed by atoms with Crippen LogP contribution < -0.4 is 0 Å². The molecule has 0 rings (SSSR count). The first kappa shape index (κ1) is 20.3. The lowest BCUT2D eigenvalue weighted by Crippen LogP contribution is -2.25. The van der Waals surface area contributed by atoms with Crippen LogP contribution in [0.4, 0.5) is 0 Å². The van der Waals surface area contributed by atoms with Crippen LogP contribution in [0.3, 0.4) is 0 Å². The van der Waals surface area contributed by atoms with Crippen molar-refractivity contribution in [1.29, 1.82) is 0 Å². The van der Waals surface area contributed by atoms with Gasteiger partial charge in [-0.1, -0.05) is 33.3 Å². The monoisotopic (exact) mass is 318 g/mol. The van der Waals surface area contributed by atoms with Gasteiger partial charge >= 0.3 is 5.97 Å². The second kappa shape index (κ2) is 15.7. The molecule has 0 aliphatic heterocycles. The van der Waals surface area contributed by atoms with Crippen molar-refractivity contribution in [3.63, 3.8) is 0 Å². The summed E-state index contributed by atoms with van der Waals surface area (Å²) < 4.78 is 21.9. The zero-order valence-electron chi connectivity index (χ0n) is 13.5. The molecule has 0 aromatic carbocycles. The van der Waals surface area contributed by atoms with Gasteiger partial charge in [-0.25, -0.2) is 4.79 Å². The average molecular weight is 318 g/mol. The Bertz CT molecular complexity index is 250. The molecule has 0 heterocycles. The van der Waals surface area contributed by atoms with E-state index in [4.69, 9.17) is 18.6 Å². The largest absolute Gasteiger partial charge is 0.463 e. The predicted octanol–water partition coefficient (Wildman–Crippen LogP) is 2.19. The van der Waals surface area contributed by atoms with E-state index in [-0.39, 0.29) is 12.3 Å². The van der Waals surface area contributed by atoms with Crippen LogP contribution in [0.5, 0.6) is 0 Å². The normalized spacial score (nSPS) is 11.4. The molecular formula is C15H30O5Si. The molecule has 21 heavy (non-hydrogen) atoms. The molecule has 0 unspecified atom stereocenters. The summed E-state index contributed by atoms with van der Waals surface area (Å²) in [6, 6.07) is 0.788. The molecule has 0 radical (unpaired) electrons. The van der Waals surface area contributed by atoms with E-state index in [9.17, 15) is 4.79 Å². The first-order valence-corrected chi connectivity index (χ1v) is 9.42. The highest BCUT2D eigenvalue weighted by atomic mass is 28.2. The second-order valence-corrected chi connectivity index (χ2v) is 6.20. The topological polar surface area (TPSA) is 54.0 Å². The van der Waals surface area contributed by atoms with Gasteiger partial charge in [0.2, 0.25) is 0 Å². The lowest BCUT2D eigenvalue weighted by molar-refractivity contribution is -0.159. The van der Waals surface area contributed by atoms with Crippen LogP contribution >= 0.6 is 0 Å². The van der Waals surface area contributed by atoms with E-state index >= 15 is 0 Å². The predicted molar refractivity (Wildman–Crippen MR) is 86.0 cm³/mol. The maximum absolute atomic E-state index is 10.8. The van der Waals surface area contributed by atoms with Crippen molar-refractivity contribution >= 4 is 15.7 Å². The van der Waals surface area contributed by atoms with Gasteiger partial charge in [-0.2, -0.15) is 0 Å². The third-order valence-corrected chi connectivity index (χ3v) is 3.80. The molecule has 0 saturated heterocycles. The molecular weight excluding hydrogens is 288 g/mol. The fourth-order valence-electron chi connectivity index (χ4n) is 1.43. The summed E-state index contributed by atoms with van der Waals surface area (Å²) in [6.07, 6.45) is 5.16. The highest BCUT2D eigenvalue weighted by Crippen LogP contribution is 2.01. The van der Waals surface area contributed by atoms with Crippen LogP contribution in [0.15, 0.2) is 12.7 Å². The number of esters is 1. The second-order valence-electron chi connectivity index (χ2n) is 4.68. The smallest absolute Gasteiger partial charge is 0.330 e. The van der Waals surface area contributed by atoms with Gasteiger partial charge in [-0.3, -0.25) is 0 Å².